The van der Waals surface area contributed by atoms with E-state index in [-0.39, 0.29) is 10.8 Å². The van der Waals surface area contributed by atoms with E-state index in [1.807, 2.05) is 24.3 Å². The second-order valence-electron chi connectivity index (χ2n) is 6.56. The molecule has 0 bridgehead atoms. The molecule has 26 heavy (non-hydrogen) atoms. The summed E-state index contributed by atoms with van der Waals surface area (Å²) in [5.41, 5.74) is 2.18. The maximum Gasteiger partial charge on any atom is 0.255 e. The van der Waals surface area contributed by atoms with Gasteiger partial charge in [-0.3, -0.25) is 4.79 Å². The fourth-order valence-electron chi connectivity index (χ4n) is 2.95. The zero-order chi connectivity index (χ0) is 18.7. The van der Waals surface area contributed by atoms with E-state index in [4.69, 9.17) is 0 Å². The van der Waals surface area contributed by atoms with Crippen LogP contribution in [0.5, 0.6) is 0 Å². The predicted octanol–water partition coefficient (Wildman–Crippen LogP) is 2.09. The van der Waals surface area contributed by atoms with Crippen molar-refractivity contribution in [3.8, 4) is 0 Å². The maximum atomic E-state index is 12.6. The number of likely N-dealkylation sites (N-methyl/N-ethyl adjacent to an activating group) is 1. The summed E-state index contributed by atoms with van der Waals surface area (Å²) in [7, 11) is -1.17. The van der Waals surface area contributed by atoms with Crippen LogP contribution in [0.15, 0.2) is 53.4 Å². The molecule has 1 saturated heterocycles. The van der Waals surface area contributed by atoms with Crippen LogP contribution < -0.4 is 10.2 Å². The summed E-state index contributed by atoms with van der Waals surface area (Å²) in [6, 6.07) is 13.7. The number of sulfone groups is 1. The second-order valence-corrected chi connectivity index (χ2v) is 8.57. The molecule has 6 nitrogen and oxygen atoms in total. The van der Waals surface area contributed by atoms with Crippen molar-refractivity contribution in [2.75, 3.05) is 49.7 Å². The molecule has 1 aliphatic heterocycles. The first-order chi connectivity index (χ1) is 12.3. The van der Waals surface area contributed by atoms with Gasteiger partial charge in [0.05, 0.1) is 16.3 Å². The SMILES string of the molecule is CN1CCN(c2ccccc2NC(=O)c2ccc(S(C)(=O)=O)cc2)CC1. The van der Waals surface area contributed by atoms with Gasteiger partial charge < -0.3 is 15.1 Å². The Morgan fingerprint density at radius 2 is 1.58 bits per heavy atom. The number of hydrogen-bond acceptors (Lipinski definition) is 5. The van der Waals surface area contributed by atoms with Crippen LogP contribution in [0.2, 0.25) is 0 Å². The second kappa shape index (κ2) is 7.47. The normalized spacial score (nSPS) is 15.7. The van der Waals surface area contributed by atoms with Gasteiger partial charge in [-0.25, -0.2) is 8.42 Å². The monoisotopic (exact) mass is 373 g/mol. The van der Waals surface area contributed by atoms with Gasteiger partial charge in [0.15, 0.2) is 9.84 Å². The quantitative estimate of drug-likeness (QED) is 0.889. The molecule has 7 heteroatoms. The predicted molar refractivity (Wildman–Crippen MR) is 104 cm³/mol. The molecule has 0 aromatic heterocycles. The fourth-order valence-corrected chi connectivity index (χ4v) is 3.58. The molecule has 2 aromatic rings. The third-order valence-corrected chi connectivity index (χ3v) is 5.67. The summed E-state index contributed by atoms with van der Waals surface area (Å²) in [6.45, 7) is 3.78. The number of carbonyl (C=O) groups is 1. The summed E-state index contributed by atoms with van der Waals surface area (Å²) in [6.07, 6.45) is 1.15. The molecule has 1 aliphatic rings. The van der Waals surface area contributed by atoms with Gasteiger partial charge in [-0.05, 0) is 43.4 Å². The van der Waals surface area contributed by atoms with Gasteiger partial charge in [0.1, 0.15) is 0 Å². The molecular weight excluding hydrogens is 350 g/mol. The van der Waals surface area contributed by atoms with Crippen molar-refractivity contribution in [3.05, 3.63) is 54.1 Å². The number of anilines is 2. The molecule has 1 amide bonds. The van der Waals surface area contributed by atoms with Crippen molar-refractivity contribution in [1.82, 2.24) is 4.90 Å². The lowest BCUT2D eigenvalue weighted by atomic mass is 10.2. The van der Waals surface area contributed by atoms with Crippen molar-refractivity contribution in [3.63, 3.8) is 0 Å². The van der Waals surface area contributed by atoms with Gasteiger partial charge in [0.2, 0.25) is 0 Å². The van der Waals surface area contributed by atoms with Gasteiger partial charge in [0.25, 0.3) is 5.91 Å². The molecule has 138 valence electrons. The summed E-state index contributed by atoms with van der Waals surface area (Å²) in [5.74, 6) is -0.258. The van der Waals surface area contributed by atoms with Crippen molar-refractivity contribution in [1.29, 1.82) is 0 Å². The molecular formula is C19H23N3O3S. The molecule has 0 atom stereocenters. The molecule has 3 rings (SSSR count). The largest absolute Gasteiger partial charge is 0.367 e. The fraction of sp³-hybridized carbons (Fsp3) is 0.316. The van der Waals surface area contributed by atoms with Gasteiger partial charge in [-0.15, -0.1) is 0 Å². The Morgan fingerprint density at radius 3 is 2.19 bits per heavy atom. The number of nitrogens with zero attached hydrogens (tertiary/aromatic N) is 2. The number of piperazine rings is 1. The van der Waals surface area contributed by atoms with E-state index in [2.05, 4.69) is 22.2 Å². The van der Waals surface area contributed by atoms with Crippen LogP contribution in [0, 0.1) is 0 Å². The van der Waals surface area contributed by atoms with E-state index in [1.165, 1.54) is 24.3 Å². The topological polar surface area (TPSA) is 69.7 Å². The minimum atomic E-state index is -3.27. The molecule has 1 N–H and O–H groups in total. The van der Waals surface area contributed by atoms with Gasteiger partial charge >= 0.3 is 0 Å². The van der Waals surface area contributed by atoms with Crippen molar-refractivity contribution in [2.45, 2.75) is 4.90 Å². The Labute approximate surface area is 154 Å². The third-order valence-electron chi connectivity index (χ3n) is 4.54. The summed E-state index contributed by atoms with van der Waals surface area (Å²) < 4.78 is 23.1. The number of amides is 1. The first-order valence-electron chi connectivity index (χ1n) is 8.48. The molecule has 2 aromatic carbocycles. The van der Waals surface area contributed by atoms with Crippen LogP contribution in [0.25, 0.3) is 0 Å². The van der Waals surface area contributed by atoms with E-state index in [0.29, 0.717) is 5.56 Å². The summed E-state index contributed by atoms with van der Waals surface area (Å²) in [5, 5.41) is 2.95. The lowest BCUT2D eigenvalue weighted by Gasteiger charge is -2.35. The van der Waals surface area contributed by atoms with Crippen LogP contribution in [-0.4, -0.2) is 58.7 Å². The van der Waals surface area contributed by atoms with Crippen LogP contribution in [0.3, 0.4) is 0 Å². The van der Waals surface area contributed by atoms with Crippen LogP contribution in [0.1, 0.15) is 10.4 Å². The molecule has 0 saturated carbocycles. The zero-order valence-electron chi connectivity index (χ0n) is 15.0. The molecule has 0 radical (unpaired) electrons. The Hall–Kier alpha value is -2.38. The van der Waals surface area contributed by atoms with Gasteiger partial charge in [-0.2, -0.15) is 0 Å². The summed E-state index contributed by atoms with van der Waals surface area (Å²) >= 11 is 0. The van der Waals surface area contributed by atoms with Crippen molar-refractivity contribution < 1.29 is 13.2 Å². The number of nitrogens with one attached hydrogen (secondary N) is 1. The van der Waals surface area contributed by atoms with E-state index in [0.717, 1.165) is 43.8 Å². The van der Waals surface area contributed by atoms with E-state index >= 15 is 0 Å². The van der Waals surface area contributed by atoms with Crippen LogP contribution in [0.4, 0.5) is 11.4 Å². The van der Waals surface area contributed by atoms with E-state index in [9.17, 15) is 13.2 Å². The van der Waals surface area contributed by atoms with Crippen LogP contribution >= 0.6 is 0 Å². The maximum absolute atomic E-state index is 12.6. The number of benzene rings is 2. The zero-order valence-corrected chi connectivity index (χ0v) is 15.8. The molecule has 1 heterocycles. The van der Waals surface area contributed by atoms with Crippen molar-refractivity contribution >= 4 is 27.1 Å². The third kappa shape index (κ3) is 4.23. The van der Waals surface area contributed by atoms with Crippen LogP contribution in [-0.2, 0) is 9.84 Å². The lowest BCUT2D eigenvalue weighted by Crippen LogP contribution is -2.44. The Balaban J connectivity index is 1.77. The Kier molecular flexibility index (Phi) is 5.29. The van der Waals surface area contributed by atoms with E-state index in [1.54, 1.807) is 0 Å². The highest BCUT2D eigenvalue weighted by Gasteiger charge is 2.18. The lowest BCUT2D eigenvalue weighted by molar-refractivity contribution is 0.102. The number of carbonyl (C=O) groups excluding carboxylic acids is 1. The molecule has 1 fully saturated rings. The van der Waals surface area contributed by atoms with E-state index < -0.39 is 9.84 Å². The minimum Gasteiger partial charge on any atom is -0.367 e. The number of hydrogen-bond donors (Lipinski definition) is 1. The first-order valence-corrected chi connectivity index (χ1v) is 10.4. The molecule has 0 spiro atoms. The van der Waals surface area contributed by atoms with Crippen molar-refractivity contribution in [2.24, 2.45) is 0 Å². The highest BCUT2D eigenvalue weighted by molar-refractivity contribution is 7.90. The smallest absolute Gasteiger partial charge is 0.255 e. The van der Waals surface area contributed by atoms with Gasteiger partial charge in [-0.1, -0.05) is 12.1 Å². The minimum absolute atomic E-state index is 0.201. The highest BCUT2D eigenvalue weighted by Crippen LogP contribution is 2.27. The first kappa shape index (κ1) is 18.4. The Bertz CT molecular complexity index is 887. The average Bonchev–Trinajstić information content (AvgIpc) is 2.62. The number of para-hydroxylation sites is 2. The van der Waals surface area contributed by atoms with Gasteiger partial charge in [0, 0.05) is 38.0 Å². The average molecular weight is 373 g/mol. The summed E-state index contributed by atoms with van der Waals surface area (Å²) in [4.78, 5) is 17.3. The Morgan fingerprint density at radius 1 is 0.962 bits per heavy atom. The molecule has 0 unspecified atom stereocenters. The molecule has 0 aliphatic carbocycles. The number of rotatable bonds is 4. The highest BCUT2D eigenvalue weighted by atomic mass is 32.2. The standard InChI is InChI=1S/C19H23N3O3S/c1-21-11-13-22(14-12-21)18-6-4-3-5-17(18)20-19(23)15-7-9-16(10-8-15)26(2,24)25/h3-10H,11-14H2,1-2H3,(H,20,23).